The van der Waals surface area contributed by atoms with Crippen LogP contribution in [-0.2, 0) is 6.54 Å². The van der Waals surface area contributed by atoms with Gasteiger partial charge in [-0.2, -0.15) is 4.98 Å². The predicted octanol–water partition coefficient (Wildman–Crippen LogP) is 5.12. The van der Waals surface area contributed by atoms with E-state index < -0.39 is 0 Å². The van der Waals surface area contributed by atoms with Crippen molar-refractivity contribution in [2.24, 2.45) is 0 Å². The lowest BCUT2D eigenvalue weighted by atomic mass is 10.1. The van der Waals surface area contributed by atoms with Gasteiger partial charge in [0.25, 0.3) is 0 Å². The molecule has 5 nitrogen and oxygen atoms in total. The molecule has 0 fully saturated rings. The van der Waals surface area contributed by atoms with Crippen molar-refractivity contribution < 1.29 is 0 Å². The van der Waals surface area contributed by atoms with Crippen LogP contribution in [-0.4, -0.2) is 20.5 Å². The van der Waals surface area contributed by atoms with E-state index in [0.717, 1.165) is 21.5 Å². The topological polar surface area (TPSA) is 62.7 Å². The van der Waals surface area contributed by atoms with Gasteiger partial charge in [-0.15, -0.1) is 0 Å². The highest BCUT2D eigenvalue weighted by Crippen LogP contribution is 2.23. The smallest absolute Gasteiger partial charge is 0.225 e. The Bertz CT molecular complexity index is 875. The lowest BCUT2D eigenvalue weighted by Gasteiger charge is -2.21. The molecule has 0 bridgehead atoms. The molecule has 1 aromatic carbocycles. The van der Waals surface area contributed by atoms with Gasteiger partial charge in [0.1, 0.15) is 5.82 Å². The maximum Gasteiger partial charge on any atom is 0.225 e. The van der Waals surface area contributed by atoms with Crippen molar-refractivity contribution in [3.05, 3.63) is 64.9 Å². The van der Waals surface area contributed by atoms with Gasteiger partial charge in [0, 0.05) is 40.6 Å². The minimum atomic E-state index is -0.128. The van der Waals surface area contributed by atoms with Gasteiger partial charge in [0.2, 0.25) is 5.95 Å². The van der Waals surface area contributed by atoms with Gasteiger partial charge in [-0.25, -0.2) is 4.98 Å². The Morgan fingerprint density at radius 1 is 1.00 bits per heavy atom. The predicted molar refractivity (Wildman–Crippen MR) is 110 cm³/mol. The zero-order valence-electron chi connectivity index (χ0n) is 15.1. The molecular formula is C20H22BrN5. The van der Waals surface area contributed by atoms with E-state index in [0.29, 0.717) is 12.5 Å². The minimum Gasteiger partial charge on any atom is -0.366 e. The Labute approximate surface area is 162 Å². The van der Waals surface area contributed by atoms with Crippen molar-refractivity contribution in [3.63, 3.8) is 0 Å². The van der Waals surface area contributed by atoms with Crippen LogP contribution in [0.25, 0.3) is 11.3 Å². The fourth-order valence-corrected chi connectivity index (χ4v) is 2.85. The van der Waals surface area contributed by atoms with Gasteiger partial charge in [-0.1, -0.05) is 34.1 Å². The standard InChI is InChI=1S/C20H22BrN5/c1-20(2,3)26-19-24-17(14-8-10-22-11-9-14)12-18(25-19)23-13-15-6-4-5-7-16(15)21/h4-12H,13H2,1-3H3,(H2,23,24,25,26). The van der Waals surface area contributed by atoms with E-state index >= 15 is 0 Å². The van der Waals surface area contributed by atoms with Gasteiger partial charge in [0.15, 0.2) is 0 Å². The molecule has 0 aliphatic carbocycles. The van der Waals surface area contributed by atoms with Crippen LogP contribution >= 0.6 is 15.9 Å². The number of nitrogens with zero attached hydrogens (tertiary/aromatic N) is 3. The van der Waals surface area contributed by atoms with Crippen molar-refractivity contribution in [2.45, 2.75) is 32.9 Å². The second-order valence-corrected chi connectivity index (χ2v) is 7.87. The lowest BCUT2D eigenvalue weighted by Crippen LogP contribution is -2.27. The van der Waals surface area contributed by atoms with Crippen molar-refractivity contribution in [1.29, 1.82) is 0 Å². The number of nitrogens with one attached hydrogen (secondary N) is 2. The van der Waals surface area contributed by atoms with Crippen LogP contribution in [0, 0.1) is 0 Å². The van der Waals surface area contributed by atoms with Gasteiger partial charge in [-0.05, 0) is 44.5 Å². The number of rotatable bonds is 5. The molecule has 0 unspecified atom stereocenters. The summed E-state index contributed by atoms with van der Waals surface area (Å²) in [5.74, 6) is 1.37. The number of pyridine rings is 1. The first-order valence-corrected chi connectivity index (χ1v) is 9.25. The SMILES string of the molecule is CC(C)(C)Nc1nc(NCc2ccccc2Br)cc(-c2ccncc2)n1. The molecule has 2 aromatic heterocycles. The molecule has 3 aromatic rings. The number of aromatic nitrogens is 3. The van der Waals surface area contributed by atoms with Crippen LogP contribution in [0.1, 0.15) is 26.3 Å². The summed E-state index contributed by atoms with van der Waals surface area (Å²) in [6, 6.07) is 14.0. The van der Waals surface area contributed by atoms with Crippen molar-refractivity contribution in [1.82, 2.24) is 15.0 Å². The number of halogens is 1. The largest absolute Gasteiger partial charge is 0.366 e. The highest BCUT2D eigenvalue weighted by molar-refractivity contribution is 9.10. The van der Waals surface area contributed by atoms with Gasteiger partial charge < -0.3 is 10.6 Å². The third kappa shape index (κ3) is 5.02. The van der Waals surface area contributed by atoms with Crippen LogP contribution in [0.2, 0.25) is 0 Å². The Hall–Kier alpha value is -2.47. The first-order chi connectivity index (χ1) is 12.4. The Morgan fingerprint density at radius 3 is 2.42 bits per heavy atom. The molecule has 0 spiro atoms. The third-order valence-electron chi connectivity index (χ3n) is 3.61. The zero-order chi connectivity index (χ0) is 18.6. The van der Waals surface area contributed by atoms with E-state index in [2.05, 4.69) is 68.4 Å². The molecule has 2 N–H and O–H groups in total. The summed E-state index contributed by atoms with van der Waals surface area (Å²) in [7, 11) is 0. The quantitative estimate of drug-likeness (QED) is 0.609. The summed E-state index contributed by atoms with van der Waals surface area (Å²) < 4.78 is 1.07. The minimum absolute atomic E-state index is 0.128. The van der Waals surface area contributed by atoms with Crippen LogP contribution in [0.15, 0.2) is 59.3 Å². The van der Waals surface area contributed by atoms with Crippen LogP contribution in [0.3, 0.4) is 0 Å². The summed E-state index contributed by atoms with van der Waals surface area (Å²) in [6.45, 7) is 6.93. The van der Waals surface area contributed by atoms with Gasteiger partial charge >= 0.3 is 0 Å². The van der Waals surface area contributed by atoms with E-state index in [1.807, 2.05) is 36.4 Å². The van der Waals surface area contributed by atoms with Crippen LogP contribution in [0.5, 0.6) is 0 Å². The molecule has 0 amide bonds. The highest BCUT2D eigenvalue weighted by atomic mass is 79.9. The molecular weight excluding hydrogens is 390 g/mol. The van der Waals surface area contributed by atoms with Crippen molar-refractivity contribution >= 4 is 27.7 Å². The average Bonchev–Trinajstić information content (AvgIpc) is 2.60. The van der Waals surface area contributed by atoms with E-state index in [1.54, 1.807) is 12.4 Å². The monoisotopic (exact) mass is 411 g/mol. The number of hydrogen-bond donors (Lipinski definition) is 2. The normalized spacial score (nSPS) is 11.2. The maximum absolute atomic E-state index is 4.66. The number of hydrogen-bond acceptors (Lipinski definition) is 5. The molecule has 0 radical (unpaired) electrons. The first-order valence-electron chi connectivity index (χ1n) is 8.46. The van der Waals surface area contributed by atoms with E-state index in [-0.39, 0.29) is 5.54 Å². The van der Waals surface area contributed by atoms with Crippen molar-refractivity contribution in [3.8, 4) is 11.3 Å². The van der Waals surface area contributed by atoms with E-state index in [1.165, 1.54) is 5.56 Å². The second kappa shape index (κ2) is 7.83. The van der Waals surface area contributed by atoms with E-state index in [9.17, 15) is 0 Å². The van der Waals surface area contributed by atoms with Gasteiger partial charge in [-0.3, -0.25) is 4.98 Å². The molecule has 2 heterocycles. The summed E-state index contributed by atoms with van der Waals surface area (Å²) >= 11 is 3.58. The molecule has 0 aliphatic rings. The fourth-order valence-electron chi connectivity index (χ4n) is 2.43. The molecule has 0 saturated carbocycles. The summed E-state index contributed by atoms with van der Waals surface area (Å²) in [4.78, 5) is 13.4. The highest BCUT2D eigenvalue weighted by Gasteiger charge is 2.14. The molecule has 0 saturated heterocycles. The Kier molecular flexibility index (Phi) is 5.52. The lowest BCUT2D eigenvalue weighted by molar-refractivity contribution is 0.626. The Morgan fingerprint density at radius 2 is 1.73 bits per heavy atom. The summed E-state index contributed by atoms with van der Waals surface area (Å²) in [6.07, 6.45) is 3.53. The summed E-state index contributed by atoms with van der Waals surface area (Å²) in [5, 5.41) is 6.76. The van der Waals surface area contributed by atoms with Crippen molar-refractivity contribution in [2.75, 3.05) is 10.6 Å². The first kappa shape index (κ1) is 18.3. The Balaban J connectivity index is 1.90. The van der Waals surface area contributed by atoms with E-state index in [4.69, 9.17) is 0 Å². The molecule has 3 rings (SSSR count). The number of anilines is 2. The number of benzene rings is 1. The molecule has 134 valence electrons. The summed E-state index contributed by atoms with van der Waals surface area (Å²) in [5.41, 5.74) is 2.89. The zero-order valence-corrected chi connectivity index (χ0v) is 16.7. The molecule has 0 aliphatic heterocycles. The fraction of sp³-hybridized carbons (Fsp3) is 0.250. The van der Waals surface area contributed by atoms with Crippen LogP contribution < -0.4 is 10.6 Å². The van der Waals surface area contributed by atoms with Crippen LogP contribution in [0.4, 0.5) is 11.8 Å². The molecule has 26 heavy (non-hydrogen) atoms. The second-order valence-electron chi connectivity index (χ2n) is 7.02. The molecule has 0 atom stereocenters. The van der Waals surface area contributed by atoms with Gasteiger partial charge in [0.05, 0.1) is 5.69 Å². The molecule has 6 heteroatoms. The maximum atomic E-state index is 4.66. The third-order valence-corrected chi connectivity index (χ3v) is 4.38. The average molecular weight is 412 g/mol.